The number of esters is 1. The summed E-state index contributed by atoms with van der Waals surface area (Å²) in [5, 5.41) is 21.8. The predicted octanol–water partition coefficient (Wildman–Crippen LogP) is 1.76. The van der Waals surface area contributed by atoms with Gasteiger partial charge < -0.3 is 15.2 Å². The van der Waals surface area contributed by atoms with Crippen molar-refractivity contribution in [1.82, 2.24) is 4.98 Å². The number of carboxylic acids is 1. The van der Waals surface area contributed by atoms with Crippen molar-refractivity contribution in [2.45, 2.75) is 19.3 Å². The van der Waals surface area contributed by atoms with Crippen LogP contribution in [0.3, 0.4) is 0 Å². The number of hydrogen-bond acceptors (Lipinski definition) is 7. The van der Waals surface area contributed by atoms with E-state index in [1.165, 1.54) is 18.3 Å². The largest absolute Gasteiger partial charge is 0.478 e. The number of nitrogens with one attached hydrogen (secondary N) is 1. The lowest BCUT2D eigenvalue weighted by Crippen LogP contribution is -2.06. The van der Waals surface area contributed by atoms with E-state index in [1.807, 2.05) is 0 Å². The summed E-state index contributed by atoms with van der Waals surface area (Å²) in [4.78, 5) is 35.1. The van der Waals surface area contributed by atoms with Gasteiger partial charge in [0.15, 0.2) is 0 Å². The second-order valence-corrected chi connectivity index (χ2v) is 4.49. The minimum absolute atomic E-state index is 0.0608. The van der Waals surface area contributed by atoms with Gasteiger partial charge in [-0.2, -0.15) is 0 Å². The number of nitro groups is 1. The fourth-order valence-corrected chi connectivity index (χ4v) is 1.58. The van der Waals surface area contributed by atoms with Crippen LogP contribution in [-0.4, -0.2) is 40.1 Å². The van der Waals surface area contributed by atoms with Crippen LogP contribution in [0.5, 0.6) is 0 Å². The van der Waals surface area contributed by atoms with Crippen molar-refractivity contribution in [2.24, 2.45) is 0 Å². The molecule has 9 nitrogen and oxygen atoms in total. The van der Waals surface area contributed by atoms with Gasteiger partial charge in [0.25, 0.3) is 5.69 Å². The third-order valence-corrected chi connectivity index (χ3v) is 2.69. The topological polar surface area (TPSA) is 132 Å². The Morgan fingerprint density at radius 1 is 1.30 bits per heavy atom. The van der Waals surface area contributed by atoms with Crippen LogP contribution in [0.15, 0.2) is 30.5 Å². The Labute approximate surface area is 132 Å². The van der Waals surface area contributed by atoms with Crippen molar-refractivity contribution in [3.63, 3.8) is 0 Å². The standard InChI is InChI=1S/C14H17N3O6/c18-13(19)6-7-14(20)23-9-3-1-2-8-15-12-5-4-11(10-16-12)17(21)22/h4-7,10H,1-3,8-9H2,(H,15,16)(H,18,19)/b7-6+. The van der Waals surface area contributed by atoms with E-state index in [0.717, 1.165) is 25.0 Å². The highest BCUT2D eigenvalue weighted by Gasteiger charge is 2.04. The number of ether oxygens (including phenoxy) is 1. The number of aliphatic carboxylic acids is 1. The van der Waals surface area contributed by atoms with Crippen LogP contribution in [0.2, 0.25) is 0 Å². The summed E-state index contributed by atoms with van der Waals surface area (Å²) in [7, 11) is 0. The number of anilines is 1. The van der Waals surface area contributed by atoms with Gasteiger partial charge in [-0.15, -0.1) is 0 Å². The monoisotopic (exact) mass is 323 g/mol. The summed E-state index contributed by atoms with van der Waals surface area (Å²) in [6, 6.07) is 2.91. The molecule has 0 aliphatic heterocycles. The molecule has 0 radical (unpaired) electrons. The van der Waals surface area contributed by atoms with Gasteiger partial charge in [-0.05, 0) is 25.3 Å². The quantitative estimate of drug-likeness (QED) is 0.219. The molecule has 23 heavy (non-hydrogen) atoms. The molecule has 0 aliphatic rings. The van der Waals surface area contributed by atoms with Crippen LogP contribution in [0.4, 0.5) is 11.5 Å². The Bertz CT molecular complexity index is 570. The number of nitrogens with zero attached hydrogens (tertiary/aromatic N) is 2. The molecule has 0 spiro atoms. The number of carbonyl (C=O) groups excluding carboxylic acids is 1. The minimum atomic E-state index is -1.20. The van der Waals surface area contributed by atoms with Crippen LogP contribution >= 0.6 is 0 Å². The second-order valence-electron chi connectivity index (χ2n) is 4.49. The Hall–Kier alpha value is -2.97. The molecule has 9 heteroatoms. The Morgan fingerprint density at radius 2 is 2.09 bits per heavy atom. The number of carboxylic acid groups (broad SMARTS) is 1. The van der Waals surface area contributed by atoms with Crippen molar-refractivity contribution in [1.29, 1.82) is 0 Å². The molecule has 0 fully saturated rings. The lowest BCUT2D eigenvalue weighted by Gasteiger charge is -2.05. The van der Waals surface area contributed by atoms with E-state index in [0.29, 0.717) is 18.8 Å². The van der Waals surface area contributed by atoms with Crippen LogP contribution in [0.25, 0.3) is 0 Å². The summed E-state index contributed by atoms with van der Waals surface area (Å²) in [5.41, 5.74) is -0.0608. The number of rotatable bonds is 10. The third-order valence-electron chi connectivity index (χ3n) is 2.69. The molecule has 1 aromatic rings. The zero-order chi connectivity index (χ0) is 17.1. The van der Waals surface area contributed by atoms with Gasteiger partial charge in [0, 0.05) is 24.8 Å². The van der Waals surface area contributed by atoms with Crippen LogP contribution in [0, 0.1) is 10.1 Å². The van der Waals surface area contributed by atoms with Crippen molar-refractivity contribution in [3.8, 4) is 0 Å². The highest BCUT2D eigenvalue weighted by molar-refractivity contribution is 5.90. The Balaban J connectivity index is 2.08. The highest BCUT2D eigenvalue weighted by atomic mass is 16.6. The first-order valence-electron chi connectivity index (χ1n) is 6.91. The molecule has 1 heterocycles. The van der Waals surface area contributed by atoms with Gasteiger partial charge in [0.05, 0.1) is 11.5 Å². The van der Waals surface area contributed by atoms with E-state index in [1.54, 1.807) is 0 Å². The molecular formula is C14H17N3O6. The maximum Gasteiger partial charge on any atom is 0.331 e. The minimum Gasteiger partial charge on any atom is -0.478 e. The average molecular weight is 323 g/mol. The number of pyridine rings is 1. The molecule has 0 atom stereocenters. The first kappa shape index (κ1) is 18.1. The van der Waals surface area contributed by atoms with Crippen LogP contribution in [-0.2, 0) is 14.3 Å². The molecule has 0 aliphatic carbocycles. The summed E-state index contributed by atoms with van der Waals surface area (Å²) in [5.74, 6) is -1.32. The van der Waals surface area contributed by atoms with E-state index in [4.69, 9.17) is 9.84 Å². The van der Waals surface area contributed by atoms with Gasteiger partial charge in [0.2, 0.25) is 0 Å². The molecule has 0 amide bonds. The highest BCUT2D eigenvalue weighted by Crippen LogP contribution is 2.11. The van der Waals surface area contributed by atoms with E-state index >= 15 is 0 Å². The van der Waals surface area contributed by atoms with Crippen LogP contribution in [0.1, 0.15) is 19.3 Å². The zero-order valence-electron chi connectivity index (χ0n) is 12.3. The Morgan fingerprint density at radius 3 is 2.70 bits per heavy atom. The SMILES string of the molecule is O=C(O)/C=C/C(=O)OCCCCCNc1ccc([N+](=O)[O-])cn1. The maximum absolute atomic E-state index is 11.1. The molecule has 0 bridgehead atoms. The van der Waals surface area contributed by atoms with Gasteiger partial charge in [-0.1, -0.05) is 0 Å². The van der Waals surface area contributed by atoms with E-state index in [2.05, 4.69) is 10.3 Å². The molecule has 1 aromatic heterocycles. The van der Waals surface area contributed by atoms with E-state index in [9.17, 15) is 19.7 Å². The number of hydrogen-bond donors (Lipinski definition) is 2. The van der Waals surface area contributed by atoms with E-state index < -0.39 is 16.9 Å². The molecule has 1 rings (SSSR count). The number of unbranched alkanes of at least 4 members (excludes halogenated alkanes) is 2. The smallest absolute Gasteiger partial charge is 0.331 e. The maximum atomic E-state index is 11.1. The summed E-state index contributed by atoms with van der Waals surface area (Å²) in [6.07, 6.45) is 5.04. The van der Waals surface area contributed by atoms with Crippen molar-refractivity contribution < 1.29 is 24.4 Å². The molecular weight excluding hydrogens is 306 g/mol. The zero-order valence-corrected chi connectivity index (χ0v) is 12.3. The average Bonchev–Trinajstić information content (AvgIpc) is 2.52. The lowest BCUT2D eigenvalue weighted by molar-refractivity contribution is -0.385. The summed E-state index contributed by atoms with van der Waals surface area (Å²) >= 11 is 0. The predicted molar refractivity (Wildman–Crippen MR) is 81.0 cm³/mol. The fourth-order valence-electron chi connectivity index (χ4n) is 1.58. The lowest BCUT2D eigenvalue weighted by atomic mass is 10.2. The molecule has 0 saturated carbocycles. The molecule has 2 N–H and O–H groups in total. The fraction of sp³-hybridized carbons (Fsp3) is 0.357. The van der Waals surface area contributed by atoms with E-state index in [-0.39, 0.29) is 12.3 Å². The number of aromatic nitrogens is 1. The molecule has 0 saturated heterocycles. The Kier molecular flexibility index (Phi) is 7.76. The van der Waals surface area contributed by atoms with Gasteiger partial charge >= 0.3 is 11.9 Å². The van der Waals surface area contributed by atoms with Crippen molar-refractivity contribution in [3.05, 3.63) is 40.6 Å². The summed E-state index contributed by atoms with van der Waals surface area (Å²) in [6.45, 7) is 0.857. The molecule has 124 valence electrons. The van der Waals surface area contributed by atoms with Gasteiger partial charge in [0.1, 0.15) is 12.0 Å². The second kappa shape index (κ2) is 9.87. The van der Waals surface area contributed by atoms with Crippen molar-refractivity contribution in [2.75, 3.05) is 18.5 Å². The molecule has 0 aromatic carbocycles. The molecule has 0 unspecified atom stereocenters. The first-order valence-corrected chi connectivity index (χ1v) is 6.91. The third kappa shape index (κ3) is 8.15. The normalized spacial score (nSPS) is 10.4. The number of carbonyl (C=O) groups is 2. The van der Waals surface area contributed by atoms with Gasteiger partial charge in [-0.25, -0.2) is 14.6 Å². The summed E-state index contributed by atoms with van der Waals surface area (Å²) < 4.78 is 4.81. The van der Waals surface area contributed by atoms with Crippen molar-refractivity contribution >= 4 is 23.4 Å². The first-order chi connectivity index (χ1) is 11.0. The van der Waals surface area contributed by atoms with Crippen LogP contribution < -0.4 is 5.32 Å². The van der Waals surface area contributed by atoms with Gasteiger partial charge in [-0.3, -0.25) is 10.1 Å².